The van der Waals surface area contributed by atoms with Crippen LogP contribution in [-0.2, 0) is 9.63 Å². The number of nitrogens with zero attached hydrogens (tertiary/aromatic N) is 1. The summed E-state index contributed by atoms with van der Waals surface area (Å²) >= 11 is 0. The van der Waals surface area contributed by atoms with E-state index in [1.807, 2.05) is 19.1 Å². The molecule has 0 saturated heterocycles. The maximum atomic E-state index is 11.1. The number of hydrogen-bond donors (Lipinski definition) is 1. The zero-order valence-electron chi connectivity index (χ0n) is 9.20. The second kappa shape index (κ2) is 4.99. The fraction of sp³-hybridized carbons (Fsp3) is 0.167. The quantitative estimate of drug-likeness (QED) is 0.622. The third-order valence-corrected chi connectivity index (χ3v) is 1.99. The van der Waals surface area contributed by atoms with E-state index < -0.39 is 5.97 Å². The second-order valence-corrected chi connectivity index (χ2v) is 3.38. The molecule has 4 nitrogen and oxygen atoms in total. The number of carbonyl (C=O) groups is 1. The Bertz CT molecular complexity index is 472. The zero-order valence-corrected chi connectivity index (χ0v) is 9.20. The van der Waals surface area contributed by atoms with Crippen LogP contribution in [0.3, 0.4) is 0 Å². The highest BCUT2D eigenvalue weighted by molar-refractivity contribution is 5.87. The van der Waals surface area contributed by atoms with Crippen molar-refractivity contribution in [1.82, 2.24) is 0 Å². The summed E-state index contributed by atoms with van der Waals surface area (Å²) in [5.74, 6) is -0.551. The highest BCUT2D eigenvalue weighted by atomic mass is 16.7. The van der Waals surface area contributed by atoms with Crippen molar-refractivity contribution in [1.29, 1.82) is 5.26 Å². The summed E-state index contributed by atoms with van der Waals surface area (Å²) in [6.07, 6.45) is 0. The first-order valence-electron chi connectivity index (χ1n) is 4.68. The lowest BCUT2D eigenvalue weighted by molar-refractivity contribution is -0.136. The molecule has 1 rings (SSSR count). The Morgan fingerprint density at radius 3 is 2.81 bits per heavy atom. The average Bonchev–Trinajstić information content (AvgIpc) is 2.25. The van der Waals surface area contributed by atoms with Crippen LogP contribution in [0.25, 0.3) is 0 Å². The molecule has 1 N–H and O–H groups in total. The SMILES string of the molecule is C=C(C)C(=O)ONc1cccc(C)c1C#N. The summed E-state index contributed by atoms with van der Waals surface area (Å²) in [4.78, 5) is 15.9. The number of aryl methyl sites for hydroxylation is 1. The first-order valence-corrected chi connectivity index (χ1v) is 4.68. The van der Waals surface area contributed by atoms with E-state index in [1.165, 1.54) is 0 Å². The minimum Gasteiger partial charge on any atom is -0.338 e. The van der Waals surface area contributed by atoms with Crippen molar-refractivity contribution in [3.8, 4) is 6.07 Å². The molecule has 0 saturated carbocycles. The molecule has 82 valence electrons. The molecular weight excluding hydrogens is 204 g/mol. The van der Waals surface area contributed by atoms with Gasteiger partial charge in [0.05, 0.1) is 11.3 Å². The van der Waals surface area contributed by atoms with Crippen molar-refractivity contribution in [2.45, 2.75) is 13.8 Å². The van der Waals surface area contributed by atoms with E-state index in [0.717, 1.165) is 5.56 Å². The molecule has 0 spiro atoms. The van der Waals surface area contributed by atoms with Gasteiger partial charge in [0.1, 0.15) is 6.07 Å². The van der Waals surface area contributed by atoms with Gasteiger partial charge in [0.25, 0.3) is 0 Å². The number of nitriles is 1. The Kier molecular flexibility index (Phi) is 3.67. The van der Waals surface area contributed by atoms with Gasteiger partial charge in [0.2, 0.25) is 0 Å². The molecule has 4 heteroatoms. The monoisotopic (exact) mass is 216 g/mol. The molecule has 1 aromatic rings. The van der Waals surface area contributed by atoms with E-state index >= 15 is 0 Å². The Morgan fingerprint density at radius 2 is 2.25 bits per heavy atom. The van der Waals surface area contributed by atoms with Crippen molar-refractivity contribution in [2.75, 3.05) is 5.48 Å². The second-order valence-electron chi connectivity index (χ2n) is 3.38. The van der Waals surface area contributed by atoms with Crippen LogP contribution in [-0.4, -0.2) is 5.97 Å². The molecule has 0 aromatic heterocycles. The molecule has 0 atom stereocenters. The van der Waals surface area contributed by atoms with E-state index in [4.69, 9.17) is 10.1 Å². The van der Waals surface area contributed by atoms with Gasteiger partial charge in [-0.15, -0.1) is 0 Å². The molecule has 0 aliphatic rings. The van der Waals surface area contributed by atoms with Crippen molar-refractivity contribution in [3.05, 3.63) is 41.5 Å². The number of nitrogens with one attached hydrogen (secondary N) is 1. The Labute approximate surface area is 94.1 Å². The van der Waals surface area contributed by atoms with Gasteiger partial charge in [-0.05, 0) is 25.5 Å². The van der Waals surface area contributed by atoms with Crippen LogP contribution in [0, 0.1) is 18.3 Å². The number of benzene rings is 1. The van der Waals surface area contributed by atoms with Crippen LogP contribution in [0.5, 0.6) is 0 Å². The summed E-state index contributed by atoms with van der Waals surface area (Å²) in [7, 11) is 0. The Hall–Kier alpha value is -2.28. The average molecular weight is 216 g/mol. The van der Waals surface area contributed by atoms with Gasteiger partial charge in [-0.25, -0.2) is 10.3 Å². The fourth-order valence-corrected chi connectivity index (χ4v) is 1.09. The maximum absolute atomic E-state index is 11.1. The van der Waals surface area contributed by atoms with Gasteiger partial charge in [-0.2, -0.15) is 5.26 Å². The molecule has 0 aliphatic heterocycles. The molecule has 0 unspecified atom stereocenters. The minimum atomic E-state index is -0.551. The van der Waals surface area contributed by atoms with Crippen LogP contribution in [0.2, 0.25) is 0 Å². The van der Waals surface area contributed by atoms with Crippen LogP contribution in [0.4, 0.5) is 5.69 Å². The third kappa shape index (κ3) is 2.61. The first kappa shape index (κ1) is 11.8. The standard InChI is InChI=1S/C12H12N2O2/c1-8(2)12(15)16-14-11-6-4-5-9(3)10(11)7-13/h4-6,14H,1H2,2-3H3. The highest BCUT2D eigenvalue weighted by Crippen LogP contribution is 2.18. The summed E-state index contributed by atoms with van der Waals surface area (Å²) in [5.41, 5.74) is 4.49. The van der Waals surface area contributed by atoms with Crippen molar-refractivity contribution >= 4 is 11.7 Å². The van der Waals surface area contributed by atoms with Gasteiger partial charge in [-0.1, -0.05) is 18.7 Å². The molecule has 0 aliphatic carbocycles. The van der Waals surface area contributed by atoms with Crippen LogP contribution >= 0.6 is 0 Å². The van der Waals surface area contributed by atoms with Gasteiger partial charge in [-0.3, -0.25) is 0 Å². The van der Waals surface area contributed by atoms with E-state index in [2.05, 4.69) is 12.1 Å². The van der Waals surface area contributed by atoms with Crippen molar-refractivity contribution in [2.24, 2.45) is 0 Å². The summed E-state index contributed by atoms with van der Waals surface area (Å²) in [6.45, 7) is 6.80. The number of carbonyl (C=O) groups excluding carboxylic acids is 1. The molecule has 0 bridgehead atoms. The smallest absolute Gasteiger partial charge is 0.338 e. The van der Waals surface area contributed by atoms with Crippen molar-refractivity contribution in [3.63, 3.8) is 0 Å². The van der Waals surface area contributed by atoms with Gasteiger partial charge >= 0.3 is 5.97 Å². The molecular formula is C12H12N2O2. The lowest BCUT2D eigenvalue weighted by atomic mass is 10.1. The summed E-state index contributed by atoms with van der Waals surface area (Å²) in [6, 6.07) is 7.29. The lowest BCUT2D eigenvalue weighted by Crippen LogP contribution is -2.11. The lowest BCUT2D eigenvalue weighted by Gasteiger charge is -2.09. The summed E-state index contributed by atoms with van der Waals surface area (Å²) in [5, 5.41) is 8.93. The van der Waals surface area contributed by atoms with Crippen LogP contribution in [0.15, 0.2) is 30.4 Å². The molecule has 0 radical (unpaired) electrons. The van der Waals surface area contributed by atoms with Crippen LogP contribution in [0.1, 0.15) is 18.1 Å². The highest BCUT2D eigenvalue weighted by Gasteiger charge is 2.07. The largest absolute Gasteiger partial charge is 0.357 e. The first-order chi connectivity index (χ1) is 7.56. The zero-order chi connectivity index (χ0) is 12.1. The van der Waals surface area contributed by atoms with E-state index in [9.17, 15) is 4.79 Å². The number of rotatable bonds is 3. The molecule has 0 amide bonds. The Morgan fingerprint density at radius 1 is 1.56 bits per heavy atom. The van der Waals surface area contributed by atoms with Gasteiger partial charge in [0, 0.05) is 5.57 Å². The molecule has 0 heterocycles. The molecule has 16 heavy (non-hydrogen) atoms. The minimum absolute atomic E-state index is 0.290. The normalized spacial score (nSPS) is 9.06. The maximum Gasteiger partial charge on any atom is 0.357 e. The van der Waals surface area contributed by atoms with Gasteiger partial charge in [0.15, 0.2) is 0 Å². The van der Waals surface area contributed by atoms with E-state index in [1.54, 1.807) is 19.1 Å². The van der Waals surface area contributed by atoms with Gasteiger partial charge < -0.3 is 4.84 Å². The Balaban J connectivity index is 2.83. The molecule has 1 aromatic carbocycles. The molecule has 0 fully saturated rings. The number of anilines is 1. The fourth-order valence-electron chi connectivity index (χ4n) is 1.09. The predicted molar refractivity (Wildman–Crippen MR) is 60.4 cm³/mol. The topological polar surface area (TPSA) is 62.1 Å². The van der Waals surface area contributed by atoms with Crippen LogP contribution < -0.4 is 5.48 Å². The summed E-state index contributed by atoms with van der Waals surface area (Å²) < 4.78 is 0. The van der Waals surface area contributed by atoms with E-state index in [0.29, 0.717) is 16.8 Å². The van der Waals surface area contributed by atoms with E-state index in [-0.39, 0.29) is 0 Å². The number of hydrogen-bond acceptors (Lipinski definition) is 4. The third-order valence-electron chi connectivity index (χ3n) is 1.99. The predicted octanol–water partition coefficient (Wildman–Crippen LogP) is 2.31. The van der Waals surface area contributed by atoms with Crippen molar-refractivity contribution < 1.29 is 9.63 Å².